The summed E-state index contributed by atoms with van der Waals surface area (Å²) in [6.45, 7) is 1.39. The number of amides is 1. The molecule has 16 heavy (non-hydrogen) atoms. The van der Waals surface area contributed by atoms with E-state index in [1.54, 1.807) is 0 Å². The van der Waals surface area contributed by atoms with Crippen molar-refractivity contribution in [3.8, 4) is 0 Å². The second-order valence-corrected chi connectivity index (χ2v) is 3.34. The first kappa shape index (κ1) is 12.2. The molecule has 0 saturated carbocycles. The molecule has 1 aromatic rings. The van der Waals surface area contributed by atoms with Crippen LogP contribution < -0.4 is 5.73 Å². The zero-order valence-corrected chi connectivity index (χ0v) is 8.77. The van der Waals surface area contributed by atoms with Gasteiger partial charge in [-0.1, -0.05) is 12.1 Å². The third kappa shape index (κ3) is 3.68. The van der Waals surface area contributed by atoms with Crippen LogP contribution in [0.1, 0.15) is 12.5 Å². The molecule has 0 radical (unpaired) electrons. The molecule has 1 rings (SSSR count). The summed E-state index contributed by atoms with van der Waals surface area (Å²) in [4.78, 5) is 21.9. The van der Waals surface area contributed by atoms with Crippen molar-refractivity contribution in [1.82, 2.24) is 0 Å². The molecule has 0 saturated heterocycles. The van der Waals surface area contributed by atoms with Gasteiger partial charge in [0.05, 0.1) is 6.42 Å². The topological polar surface area (TPSA) is 69.4 Å². The van der Waals surface area contributed by atoms with Crippen molar-refractivity contribution < 1.29 is 18.7 Å². The molecular formula is C11H12FNO3. The molecule has 0 bridgehead atoms. The summed E-state index contributed by atoms with van der Waals surface area (Å²) in [7, 11) is 0. The minimum Gasteiger partial charge on any atom is -0.452 e. The van der Waals surface area contributed by atoms with Gasteiger partial charge < -0.3 is 10.5 Å². The molecule has 0 unspecified atom stereocenters. The smallest absolute Gasteiger partial charge is 0.311 e. The Kier molecular flexibility index (Phi) is 3.99. The molecule has 86 valence electrons. The standard InChI is InChI=1S/C11H12FNO3/c1-7(11(13)15)16-10(14)6-8-2-4-9(12)5-3-8/h2-5,7H,6H2,1H3,(H2,13,15)/t7-/m0/s1. The van der Waals surface area contributed by atoms with Gasteiger partial charge in [-0.15, -0.1) is 0 Å². The maximum absolute atomic E-state index is 12.6. The number of nitrogens with two attached hydrogens (primary N) is 1. The SMILES string of the molecule is C[C@H](OC(=O)Cc1ccc(F)cc1)C(N)=O. The molecule has 0 aromatic heterocycles. The fraction of sp³-hybridized carbons (Fsp3) is 0.273. The normalized spacial score (nSPS) is 11.9. The number of hydrogen-bond donors (Lipinski definition) is 1. The summed E-state index contributed by atoms with van der Waals surface area (Å²) in [5.41, 5.74) is 5.55. The number of primary amides is 1. The summed E-state index contributed by atoms with van der Waals surface area (Å²) in [5.74, 6) is -1.65. The number of carbonyl (C=O) groups is 2. The Hall–Kier alpha value is -1.91. The average molecular weight is 225 g/mol. The quantitative estimate of drug-likeness (QED) is 0.770. The average Bonchev–Trinajstić information content (AvgIpc) is 2.21. The van der Waals surface area contributed by atoms with Crippen LogP contribution in [0.3, 0.4) is 0 Å². The zero-order valence-electron chi connectivity index (χ0n) is 8.77. The van der Waals surface area contributed by atoms with E-state index in [0.29, 0.717) is 5.56 Å². The highest BCUT2D eigenvalue weighted by Crippen LogP contribution is 2.05. The van der Waals surface area contributed by atoms with Crippen molar-refractivity contribution >= 4 is 11.9 Å². The molecule has 4 nitrogen and oxygen atoms in total. The lowest BCUT2D eigenvalue weighted by Crippen LogP contribution is -2.30. The van der Waals surface area contributed by atoms with E-state index >= 15 is 0 Å². The zero-order chi connectivity index (χ0) is 12.1. The van der Waals surface area contributed by atoms with Crippen LogP contribution in [-0.2, 0) is 20.7 Å². The van der Waals surface area contributed by atoms with Crippen molar-refractivity contribution in [2.75, 3.05) is 0 Å². The van der Waals surface area contributed by atoms with E-state index < -0.39 is 18.0 Å². The van der Waals surface area contributed by atoms with Gasteiger partial charge in [0.2, 0.25) is 0 Å². The Morgan fingerprint density at radius 3 is 2.44 bits per heavy atom. The molecule has 2 N–H and O–H groups in total. The number of hydrogen-bond acceptors (Lipinski definition) is 3. The molecule has 0 aliphatic heterocycles. The van der Waals surface area contributed by atoms with Gasteiger partial charge in [0.25, 0.3) is 5.91 Å². The van der Waals surface area contributed by atoms with Gasteiger partial charge in [0, 0.05) is 0 Å². The Labute approximate surface area is 92.2 Å². The summed E-state index contributed by atoms with van der Waals surface area (Å²) >= 11 is 0. The van der Waals surface area contributed by atoms with E-state index in [9.17, 15) is 14.0 Å². The second-order valence-electron chi connectivity index (χ2n) is 3.34. The molecule has 1 amide bonds. The van der Waals surface area contributed by atoms with E-state index in [-0.39, 0.29) is 12.2 Å². The van der Waals surface area contributed by atoms with Gasteiger partial charge in [-0.2, -0.15) is 0 Å². The first-order chi connectivity index (χ1) is 7.49. The number of carbonyl (C=O) groups excluding carboxylic acids is 2. The molecule has 0 aliphatic carbocycles. The van der Waals surface area contributed by atoms with Crippen LogP contribution in [0.25, 0.3) is 0 Å². The summed E-state index contributed by atoms with van der Waals surface area (Å²) < 4.78 is 17.3. The maximum atomic E-state index is 12.6. The Morgan fingerprint density at radius 1 is 1.38 bits per heavy atom. The van der Waals surface area contributed by atoms with Crippen LogP contribution in [-0.4, -0.2) is 18.0 Å². The second kappa shape index (κ2) is 5.25. The van der Waals surface area contributed by atoms with E-state index in [1.807, 2.05) is 0 Å². The Balaban J connectivity index is 2.52. The Morgan fingerprint density at radius 2 is 1.94 bits per heavy atom. The fourth-order valence-electron chi connectivity index (χ4n) is 1.07. The number of esters is 1. The van der Waals surface area contributed by atoms with Gasteiger partial charge in [-0.3, -0.25) is 9.59 Å². The van der Waals surface area contributed by atoms with Crippen molar-refractivity contribution in [2.24, 2.45) is 5.73 Å². The highest BCUT2D eigenvalue weighted by Gasteiger charge is 2.14. The third-order valence-corrected chi connectivity index (χ3v) is 1.97. The van der Waals surface area contributed by atoms with E-state index in [4.69, 9.17) is 10.5 Å². The van der Waals surface area contributed by atoms with Crippen LogP contribution in [0, 0.1) is 5.82 Å². The lowest BCUT2D eigenvalue weighted by Gasteiger charge is -2.09. The van der Waals surface area contributed by atoms with Crippen LogP contribution >= 0.6 is 0 Å². The first-order valence-corrected chi connectivity index (χ1v) is 4.72. The van der Waals surface area contributed by atoms with Crippen molar-refractivity contribution in [3.63, 3.8) is 0 Å². The largest absolute Gasteiger partial charge is 0.452 e. The molecule has 0 heterocycles. The molecule has 0 spiro atoms. The van der Waals surface area contributed by atoms with Crippen molar-refractivity contribution in [2.45, 2.75) is 19.4 Å². The van der Waals surface area contributed by atoms with Gasteiger partial charge in [0.15, 0.2) is 6.10 Å². The van der Waals surface area contributed by atoms with Crippen molar-refractivity contribution in [1.29, 1.82) is 0 Å². The molecule has 5 heteroatoms. The lowest BCUT2D eigenvalue weighted by molar-refractivity contribution is -0.153. The van der Waals surface area contributed by atoms with Crippen LogP contribution in [0.2, 0.25) is 0 Å². The van der Waals surface area contributed by atoms with Gasteiger partial charge in [0.1, 0.15) is 5.82 Å². The lowest BCUT2D eigenvalue weighted by atomic mass is 10.1. The van der Waals surface area contributed by atoms with Gasteiger partial charge in [-0.25, -0.2) is 4.39 Å². The number of rotatable bonds is 4. The van der Waals surface area contributed by atoms with Crippen LogP contribution in [0.15, 0.2) is 24.3 Å². The minimum absolute atomic E-state index is 0.0160. The molecule has 1 aromatic carbocycles. The van der Waals surface area contributed by atoms with Crippen LogP contribution in [0.4, 0.5) is 4.39 Å². The highest BCUT2D eigenvalue weighted by molar-refractivity contribution is 5.82. The highest BCUT2D eigenvalue weighted by atomic mass is 19.1. The summed E-state index contributed by atoms with van der Waals surface area (Å²) in [5, 5.41) is 0. The monoisotopic (exact) mass is 225 g/mol. The number of halogens is 1. The minimum atomic E-state index is -0.951. The predicted molar refractivity (Wildman–Crippen MR) is 54.9 cm³/mol. The molecule has 0 aliphatic rings. The van der Waals surface area contributed by atoms with Crippen LogP contribution in [0.5, 0.6) is 0 Å². The summed E-state index contributed by atoms with van der Waals surface area (Å²) in [6, 6.07) is 5.46. The summed E-state index contributed by atoms with van der Waals surface area (Å²) in [6.07, 6.45) is -0.967. The molecule has 1 atom stereocenters. The fourth-order valence-corrected chi connectivity index (χ4v) is 1.07. The van der Waals surface area contributed by atoms with E-state index in [2.05, 4.69) is 0 Å². The molecular weight excluding hydrogens is 213 g/mol. The maximum Gasteiger partial charge on any atom is 0.311 e. The van der Waals surface area contributed by atoms with E-state index in [1.165, 1.54) is 31.2 Å². The van der Waals surface area contributed by atoms with Gasteiger partial charge in [-0.05, 0) is 24.6 Å². The van der Waals surface area contributed by atoms with Crippen molar-refractivity contribution in [3.05, 3.63) is 35.6 Å². The number of ether oxygens (including phenoxy) is 1. The molecule has 0 fully saturated rings. The first-order valence-electron chi connectivity index (χ1n) is 4.72. The predicted octanol–water partition coefficient (Wildman–Crippen LogP) is 0.785. The number of benzene rings is 1. The Bertz CT molecular complexity index is 389. The van der Waals surface area contributed by atoms with Gasteiger partial charge >= 0.3 is 5.97 Å². The third-order valence-electron chi connectivity index (χ3n) is 1.97. The van der Waals surface area contributed by atoms with E-state index in [0.717, 1.165) is 0 Å².